The van der Waals surface area contributed by atoms with Gasteiger partial charge in [-0.3, -0.25) is 9.59 Å². The van der Waals surface area contributed by atoms with Gasteiger partial charge in [-0.25, -0.2) is 0 Å². The molecule has 1 aromatic carbocycles. The average molecular weight is 260 g/mol. The van der Waals surface area contributed by atoms with Crippen molar-refractivity contribution in [2.24, 2.45) is 5.73 Å². The van der Waals surface area contributed by atoms with Crippen LogP contribution in [0.5, 0.6) is 0 Å². The van der Waals surface area contributed by atoms with Crippen molar-refractivity contribution < 1.29 is 14.7 Å². The Hall–Kier alpha value is -2.32. The average Bonchev–Trinajstić information content (AvgIpc) is 2.41. The molecule has 0 aliphatic rings. The first kappa shape index (κ1) is 14.7. The van der Waals surface area contributed by atoms with Crippen molar-refractivity contribution in [3.63, 3.8) is 0 Å². The van der Waals surface area contributed by atoms with Gasteiger partial charge in [-0.15, -0.1) is 0 Å². The number of carbonyl (C=O) groups excluding carboxylic acids is 2. The van der Waals surface area contributed by atoms with E-state index in [1.54, 1.807) is 24.3 Å². The van der Waals surface area contributed by atoms with Crippen LogP contribution in [0.25, 0.3) is 0 Å². The third-order valence-corrected chi connectivity index (χ3v) is 2.34. The second-order valence-corrected chi connectivity index (χ2v) is 3.86. The summed E-state index contributed by atoms with van der Waals surface area (Å²) in [6, 6.07) is 6.73. The van der Waals surface area contributed by atoms with Crippen LogP contribution in [0.2, 0.25) is 0 Å². The summed E-state index contributed by atoms with van der Waals surface area (Å²) >= 11 is 0. The van der Waals surface area contributed by atoms with Gasteiger partial charge < -0.3 is 16.2 Å². The number of aliphatic hydroxyl groups is 1. The lowest BCUT2D eigenvalue weighted by Crippen LogP contribution is -2.25. The van der Waals surface area contributed by atoms with Gasteiger partial charge in [-0.05, 0) is 30.7 Å². The normalized spacial score (nSPS) is 9.32. The lowest BCUT2D eigenvalue weighted by atomic mass is 10.1. The van der Waals surface area contributed by atoms with Gasteiger partial charge >= 0.3 is 0 Å². The summed E-state index contributed by atoms with van der Waals surface area (Å²) in [4.78, 5) is 22.2. The van der Waals surface area contributed by atoms with Gasteiger partial charge in [0, 0.05) is 24.1 Å². The predicted molar refractivity (Wildman–Crippen MR) is 71.2 cm³/mol. The van der Waals surface area contributed by atoms with Gasteiger partial charge in [0.2, 0.25) is 5.91 Å². The molecule has 100 valence electrons. The number of benzene rings is 1. The lowest BCUT2D eigenvalue weighted by Gasteiger charge is -2.04. The largest absolute Gasteiger partial charge is 0.384 e. The molecular weight excluding hydrogens is 244 g/mol. The van der Waals surface area contributed by atoms with Gasteiger partial charge in [0.15, 0.2) is 0 Å². The maximum atomic E-state index is 11.7. The van der Waals surface area contributed by atoms with Crippen LogP contribution in [0.4, 0.5) is 0 Å². The number of amides is 2. The van der Waals surface area contributed by atoms with Crippen molar-refractivity contribution in [2.45, 2.75) is 12.8 Å². The molecular formula is C14H16N2O3. The molecule has 1 aromatic rings. The summed E-state index contributed by atoms with van der Waals surface area (Å²) in [5.74, 6) is 4.69. The fourth-order valence-corrected chi connectivity index (χ4v) is 1.41. The van der Waals surface area contributed by atoms with Crippen molar-refractivity contribution in [1.82, 2.24) is 5.32 Å². The number of hydrogen-bond donors (Lipinski definition) is 3. The molecule has 2 amide bonds. The second-order valence-electron chi connectivity index (χ2n) is 3.86. The molecule has 0 aliphatic heterocycles. The van der Waals surface area contributed by atoms with E-state index in [2.05, 4.69) is 17.2 Å². The number of aliphatic hydroxyl groups excluding tert-OH is 1. The molecule has 0 aliphatic carbocycles. The predicted octanol–water partition coefficient (Wildman–Crippen LogP) is 0.0257. The van der Waals surface area contributed by atoms with Gasteiger partial charge in [-0.1, -0.05) is 11.8 Å². The number of carbonyl (C=O) groups is 2. The number of nitrogens with one attached hydrogen (secondary N) is 1. The fourth-order valence-electron chi connectivity index (χ4n) is 1.41. The molecule has 4 N–H and O–H groups in total. The van der Waals surface area contributed by atoms with Crippen LogP contribution in [-0.2, 0) is 4.79 Å². The van der Waals surface area contributed by atoms with Crippen LogP contribution in [0.3, 0.4) is 0 Å². The van der Waals surface area contributed by atoms with E-state index in [-0.39, 0.29) is 24.8 Å². The van der Waals surface area contributed by atoms with E-state index in [1.165, 1.54) is 0 Å². The standard InChI is InChI=1S/C14H16N2O3/c15-13(18)4-1-9-16-14(19)12-7-5-11(6-8-12)3-2-10-17/h5-8,17H,1,4,9-10H2,(H2,15,18)(H,16,19). The van der Waals surface area contributed by atoms with E-state index in [0.717, 1.165) is 5.56 Å². The number of rotatable bonds is 5. The molecule has 0 bridgehead atoms. The highest BCUT2D eigenvalue weighted by Gasteiger charge is 2.04. The summed E-state index contributed by atoms with van der Waals surface area (Å²) in [5, 5.41) is 11.3. The van der Waals surface area contributed by atoms with Gasteiger partial charge in [0.1, 0.15) is 6.61 Å². The second kappa shape index (κ2) is 7.90. The molecule has 5 nitrogen and oxygen atoms in total. The van der Waals surface area contributed by atoms with Crippen LogP contribution in [0.15, 0.2) is 24.3 Å². The number of primary amides is 1. The molecule has 0 atom stereocenters. The fraction of sp³-hybridized carbons (Fsp3) is 0.286. The zero-order chi connectivity index (χ0) is 14.1. The molecule has 0 saturated carbocycles. The Kier molecular flexibility index (Phi) is 6.13. The molecule has 0 radical (unpaired) electrons. The molecule has 0 spiro atoms. The third kappa shape index (κ3) is 5.70. The van der Waals surface area contributed by atoms with Gasteiger partial charge in [-0.2, -0.15) is 0 Å². The number of nitrogens with two attached hydrogens (primary N) is 1. The van der Waals surface area contributed by atoms with Crippen LogP contribution in [-0.4, -0.2) is 30.1 Å². The Morgan fingerprint density at radius 2 is 1.95 bits per heavy atom. The first-order valence-electron chi connectivity index (χ1n) is 5.90. The van der Waals surface area contributed by atoms with E-state index < -0.39 is 0 Å². The van der Waals surface area contributed by atoms with Crippen molar-refractivity contribution in [2.75, 3.05) is 13.2 Å². The van der Waals surface area contributed by atoms with E-state index >= 15 is 0 Å². The van der Waals surface area contributed by atoms with Crippen LogP contribution >= 0.6 is 0 Å². The summed E-state index contributed by atoms with van der Waals surface area (Å²) in [5.41, 5.74) is 6.25. The van der Waals surface area contributed by atoms with Crippen molar-refractivity contribution in [3.05, 3.63) is 35.4 Å². The Morgan fingerprint density at radius 1 is 1.26 bits per heavy atom. The van der Waals surface area contributed by atoms with E-state index in [0.29, 0.717) is 18.5 Å². The first-order chi connectivity index (χ1) is 9.13. The Balaban J connectivity index is 2.46. The van der Waals surface area contributed by atoms with E-state index in [9.17, 15) is 9.59 Å². The maximum absolute atomic E-state index is 11.7. The topological polar surface area (TPSA) is 92.4 Å². The van der Waals surface area contributed by atoms with E-state index in [1.807, 2.05) is 0 Å². The minimum atomic E-state index is -0.374. The Labute approximate surface area is 111 Å². The molecule has 0 heterocycles. The SMILES string of the molecule is NC(=O)CCCNC(=O)c1ccc(C#CCO)cc1. The first-order valence-corrected chi connectivity index (χ1v) is 5.90. The summed E-state index contributed by atoms with van der Waals surface area (Å²) < 4.78 is 0. The van der Waals surface area contributed by atoms with Crippen molar-refractivity contribution in [1.29, 1.82) is 0 Å². The summed E-state index contributed by atoms with van der Waals surface area (Å²) in [6.45, 7) is 0.218. The quantitative estimate of drug-likeness (QED) is 0.515. The van der Waals surface area contributed by atoms with Crippen molar-refractivity contribution in [3.8, 4) is 11.8 Å². The minimum absolute atomic E-state index is 0.192. The lowest BCUT2D eigenvalue weighted by molar-refractivity contribution is -0.118. The highest BCUT2D eigenvalue weighted by Crippen LogP contribution is 2.03. The summed E-state index contributed by atoms with van der Waals surface area (Å²) in [6.07, 6.45) is 0.789. The van der Waals surface area contributed by atoms with Crippen molar-refractivity contribution >= 4 is 11.8 Å². The van der Waals surface area contributed by atoms with Crippen LogP contribution in [0.1, 0.15) is 28.8 Å². The van der Waals surface area contributed by atoms with Crippen LogP contribution < -0.4 is 11.1 Å². The molecule has 0 unspecified atom stereocenters. The highest BCUT2D eigenvalue weighted by atomic mass is 16.2. The molecule has 5 heteroatoms. The highest BCUT2D eigenvalue weighted by molar-refractivity contribution is 5.94. The van der Waals surface area contributed by atoms with Crippen LogP contribution in [0, 0.1) is 11.8 Å². The Morgan fingerprint density at radius 3 is 2.53 bits per heavy atom. The zero-order valence-corrected chi connectivity index (χ0v) is 10.5. The molecule has 19 heavy (non-hydrogen) atoms. The Bertz CT molecular complexity index is 498. The minimum Gasteiger partial charge on any atom is -0.384 e. The molecule has 0 fully saturated rings. The molecule has 0 saturated heterocycles. The number of hydrogen-bond acceptors (Lipinski definition) is 3. The maximum Gasteiger partial charge on any atom is 0.251 e. The monoisotopic (exact) mass is 260 g/mol. The molecule has 1 rings (SSSR count). The summed E-state index contributed by atoms with van der Waals surface area (Å²) in [7, 11) is 0. The smallest absolute Gasteiger partial charge is 0.251 e. The van der Waals surface area contributed by atoms with E-state index in [4.69, 9.17) is 10.8 Å². The van der Waals surface area contributed by atoms with Gasteiger partial charge in [0.05, 0.1) is 0 Å². The molecule has 0 aromatic heterocycles. The van der Waals surface area contributed by atoms with Gasteiger partial charge in [0.25, 0.3) is 5.91 Å². The third-order valence-electron chi connectivity index (χ3n) is 2.34. The zero-order valence-electron chi connectivity index (χ0n) is 10.5.